The standard InChI is InChI=1S/C21H20O10/c22-7-15-18(26)19(27)20(28)21(31-15)30-11-3-1-9(2-4-11)12-8-29-14-6-10(23)5-13(24)16(14)17(12)25/h1-6,8,15,18-24,26-28H,7H2/t15-,18+,19+,20+,21+/m0/s1. The number of aliphatic hydroxyl groups is 4. The van der Waals surface area contributed by atoms with Crippen molar-refractivity contribution in [2.75, 3.05) is 6.61 Å². The molecule has 3 aromatic rings. The lowest BCUT2D eigenvalue weighted by molar-refractivity contribution is -0.277. The minimum absolute atomic E-state index is 0.0359. The SMILES string of the molecule is O=c1c(-c2ccc(O[C@@H]3O[C@@H](CO)[C@@H](O)[C@@H](O)[C@H]3O)cc2)coc2cc(O)cc(O)c12. The fourth-order valence-electron chi connectivity index (χ4n) is 3.43. The van der Waals surface area contributed by atoms with E-state index in [1.807, 2.05) is 0 Å². The lowest BCUT2D eigenvalue weighted by atomic mass is 9.99. The molecular weight excluding hydrogens is 412 g/mol. The Labute approximate surface area is 174 Å². The number of ether oxygens (including phenoxy) is 2. The van der Waals surface area contributed by atoms with E-state index < -0.39 is 48.5 Å². The number of benzene rings is 2. The summed E-state index contributed by atoms with van der Waals surface area (Å²) in [6.45, 7) is -0.577. The number of rotatable bonds is 4. The van der Waals surface area contributed by atoms with Crippen molar-refractivity contribution in [2.45, 2.75) is 30.7 Å². The van der Waals surface area contributed by atoms with Crippen LogP contribution in [0.2, 0.25) is 0 Å². The largest absolute Gasteiger partial charge is 0.508 e. The van der Waals surface area contributed by atoms with Crippen LogP contribution in [0.3, 0.4) is 0 Å². The maximum Gasteiger partial charge on any atom is 0.229 e. The van der Waals surface area contributed by atoms with Crippen molar-refractivity contribution in [3.05, 3.63) is 52.9 Å². The molecule has 0 spiro atoms. The van der Waals surface area contributed by atoms with Crippen LogP contribution in [-0.4, -0.2) is 68.0 Å². The monoisotopic (exact) mass is 432 g/mol. The number of hydrogen-bond acceptors (Lipinski definition) is 10. The van der Waals surface area contributed by atoms with Crippen LogP contribution in [0.25, 0.3) is 22.1 Å². The molecule has 2 aromatic carbocycles. The predicted octanol–water partition coefficient (Wildman–Crippen LogP) is 0.0499. The zero-order valence-electron chi connectivity index (χ0n) is 16.0. The van der Waals surface area contributed by atoms with Crippen LogP contribution in [0, 0.1) is 0 Å². The zero-order valence-corrected chi connectivity index (χ0v) is 16.0. The van der Waals surface area contributed by atoms with E-state index in [1.165, 1.54) is 36.6 Å². The topological polar surface area (TPSA) is 170 Å². The Balaban J connectivity index is 1.59. The Bertz CT molecular complexity index is 1140. The molecule has 1 aliphatic rings. The predicted molar refractivity (Wildman–Crippen MR) is 106 cm³/mol. The Morgan fingerprint density at radius 1 is 0.968 bits per heavy atom. The Kier molecular flexibility index (Phi) is 5.56. The van der Waals surface area contributed by atoms with E-state index in [0.717, 1.165) is 6.07 Å². The number of aromatic hydroxyl groups is 2. The normalized spacial score (nSPS) is 26.1. The van der Waals surface area contributed by atoms with E-state index in [9.17, 15) is 35.4 Å². The average Bonchev–Trinajstić information content (AvgIpc) is 2.74. The number of hydrogen-bond donors (Lipinski definition) is 6. The van der Waals surface area contributed by atoms with Gasteiger partial charge >= 0.3 is 0 Å². The van der Waals surface area contributed by atoms with E-state index in [1.54, 1.807) is 0 Å². The minimum atomic E-state index is -1.57. The van der Waals surface area contributed by atoms with Gasteiger partial charge in [0.2, 0.25) is 11.7 Å². The van der Waals surface area contributed by atoms with E-state index in [4.69, 9.17) is 13.9 Å². The third-order valence-corrected chi connectivity index (χ3v) is 5.11. The molecule has 1 aromatic heterocycles. The summed E-state index contributed by atoms with van der Waals surface area (Å²) in [5, 5.41) is 58.4. The molecule has 0 aliphatic carbocycles. The van der Waals surface area contributed by atoms with Crippen molar-refractivity contribution in [1.29, 1.82) is 0 Å². The molecule has 1 fully saturated rings. The Hall–Kier alpha value is -3.15. The molecule has 5 atom stereocenters. The van der Waals surface area contributed by atoms with Gasteiger partial charge in [-0.05, 0) is 17.7 Å². The molecule has 0 radical (unpaired) electrons. The summed E-state index contributed by atoms with van der Waals surface area (Å²) >= 11 is 0. The fraction of sp³-hybridized carbons (Fsp3) is 0.286. The van der Waals surface area contributed by atoms with Crippen molar-refractivity contribution in [1.82, 2.24) is 0 Å². The van der Waals surface area contributed by atoms with Crippen LogP contribution in [0.5, 0.6) is 17.2 Å². The fourth-order valence-corrected chi connectivity index (χ4v) is 3.43. The molecule has 1 saturated heterocycles. The van der Waals surface area contributed by atoms with Gasteiger partial charge in [-0.2, -0.15) is 0 Å². The smallest absolute Gasteiger partial charge is 0.229 e. The van der Waals surface area contributed by atoms with Crippen LogP contribution < -0.4 is 10.2 Å². The molecule has 1 aliphatic heterocycles. The number of phenols is 2. The van der Waals surface area contributed by atoms with Gasteiger partial charge in [0, 0.05) is 12.1 Å². The minimum Gasteiger partial charge on any atom is -0.508 e. The quantitative estimate of drug-likeness (QED) is 0.331. The highest BCUT2D eigenvalue weighted by Crippen LogP contribution is 2.30. The highest BCUT2D eigenvalue weighted by molar-refractivity contribution is 5.88. The first-order valence-electron chi connectivity index (χ1n) is 9.35. The van der Waals surface area contributed by atoms with E-state index in [0.29, 0.717) is 5.56 Å². The van der Waals surface area contributed by atoms with Crippen molar-refractivity contribution in [3.8, 4) is 28.4 Å². The van der Waals surface area contributed by atoms with E-state index in [2.05, 4.69) is 0 Å². The summed E-state index contributed by atoms with van der Waals surface area (Å²) < 4.78 is 16.2. The van der Waals surface area contributed by atoms with Crippen molar-refractivity contribution in [2.24, 2.45) is 0 Å². The van der Waals surface area contributed by atoms with Gasteiger partial charge in [-0.25, -0.2) is 0 Å². The molecule has 31 heavy (non-hydrogen) atoms. The Morgan fingerprint density at radius 3 is 2.35 bits per heavy atom. The second-order valence-electron chi connectivity index (χ2n) is 7.16. The molecule has 10 nitrogen and oxygen atoms in total. The highest BCUT2D eigenvalue weighted by Gasteiger charge is 2.44. The first kappa shape index (κ1) is 21.1. The van der Waals surface area contributed by atoms with Gasteiger partial charge in [-0.15, -0.1) is 0 Å². The number of fused-ring (bicyclic) bond motifs is 1. The van der Waals surface area contributed by atoms with E-state index in [-0.39, 0.29) is 28.0 Å². The summed E-state index contributed by atoms with van der Waals surface area (Å²) in [6, 6.07) is 8.30. The summed E-state index contributed by atoms with van der Waals surface area (Å²) in [7, 11) is 0. The molecule has 0 amide bonds. The first-order valence-corrected chi connectivity index (χ1v) is 9.35. The second-order valence-corrected chi connectivity index (χ2v) is 7.16. The number of phenolic OH excluding ortho intramolecular Hbond substituents is 2. The summed E-state index contributed by atoms with van der Waals surface area (Å²) in [5.41, 5.74) is 0.146. The van der Waals surface area contributed by atoms with Gasteiger partial charge in [0.05, 0.1) is 12.2 Å². The maximum atomic E-state index is 12.8. The van der Waals surface area contributed by atoms with Crippen LogP contribution in [-0.2, 0) is 4.74 Å². The molecule has 10 heteroatoms. The van der Waals surface area contributed by atoms with Gasteiger partial charge in [-0.3, -0.25) is 4.79 Å². The lowest BCUT2D eigenvalue weighted by Crippen LogP contribution is -2.60. The zero-order chi connectivity index (χ0) is 22.3. The van der Waals surface area contributed by atoms with Crippen LogP contribution in [0.4, 0.5) is 0 Å². The van der Waals surface area contributed by atoms with Crippen LogP contribution in [0.1, 0.15) is 0 Å². The molecule has 2 heterocycles. The molecule has 0 bridgehead atoms. The van der Waals surface area contributed by atoms with Crippen LogP contribution >= 0.6 is 0 Å². The second kappa shape index (κ2) is 8.17. The van der Waals surface area contributed by atoms with Gasteiger partial charge in [-0.1, -0.05) is 12.1 Å². The molecule has 0 saturated carbocycles. The van der Waals surface area contributed by atoms with Gasteiger partial charge in [0.1, 0.15) is 58.9 Å². The number of aliphatic hydroxyl groups excluding tert-OH is 4. The van der Waals surface area contributed by atoms with Crippen molar-refractivity contribution in [3.63, 3.8) is 0 Å². The lowest BCUT2D eigenvalue weighted by Gasteiger charge is -2.39. The van der Waals surface area contributed by atoms with Crippen molar-refractivity contribution >= 4 is 11.0 Å². The van der Waals surface area contributed by atoms with Gasteiger partial charge < -0.3 is 44.5 Å². The highest BCUT2D eigenvalue weighted by atomic mass is 16.7. The molecule has 0 unspecified atom stereocenters. The summed E-state index contributed by atoms with van der Waals surface area (Å²) in [4.78, 5) is 12.8. The Morgan fingerprint density at radius 2 is 1.68 bits per heavy atom. The molecule has 4 rings (SSSR count). The van der Waals surface area contributed by atoms with E-state index >= 15 is 0 Å². The molecule has 164 valence electrons. The third kappa shape index (κ3) is 3.82. The van der Waals surface area contributed by atoms with Crippen LogP contribution in [0.15, 0.2) is 51.9 Å². The van der Waals surface area contributed by atoms with Gasteiger partial charge in [0.25, 0.3) is 0 Å². The summed E-state index contributed by atoms with van der Waals surface area (Å²) in [6.07, 6.45) is -5.84. The van der Waals surface area contributed by atoms with Crippen molar-refractivity contribution < 1.29 is 44.5 Å². The first-order chi connectivity index (χ1) is 14.8. The summed E-state index contributed by atoms with van der Waals surface area (Å²) in [5.74, 6) is -0.421. The molecular formula is C21H20O10. The third-order valence-electron chi connectivity index (χ3n) is 5.11. The maximum absolute atomic E-state index is 12.8. The van der Waals surface area contributed by atoms with Gasteiger partial charge in [0.15, 0.2) is 0 Å². The average molecular weight is 432 g/mol. The molecule has 6 N–H and O–H groups in total.